The van der Waals surface area contributed by atoms with Gasteiger partial charge in [-0.3, -0.25) is 10.1 Å². The van der Waals surface area contributed by atoms with Gasteiger partial charge in [0.2, 0.25) is 5.82 Å². The second-order valence-corrected chi connectivity index (χ2v) is 3.74. The lowest BCUT2D eigenvalue weighted by Gasteiger charge is -2.18. The van der Waals surface area contributed by atoms with E-state index >= 15 is 0 Å². The number of anilines is 1. The van der Waals surface area contributed by atoms with Crippen LogP contribution in [-0.4, -0.2) is 46.0 Å². The van der Waals surface area contributed by atoms with E-state index < -0.39 is 11.0 Å². The lowest BCUT2D eigenvalue weighted by molar-refractivity contribution is -0.384. The van der Waals surface area contributed by atoms with Gasteiger partial charge in [0, 0.05) is 27.2 Å². The Morgan fingerprint density at radius 1 is 1.72 bits per heavy atom. The molecule has 1 rings (SSSR count). The van der Waals surface area contributed by atoms with Crippen LogP contribution in [0.25, 0.3) is 0 Å². The topological polar surface area (TPSA) is 114 Å². The zero-order valence-electron chi connectivity index (χ0n) is 10.2. The van der Waals surface area contributed by atoms with Crippen LogP contribution in [0.2, 0.25) is 0 Å². The van der Waals surface area contributed by atoms with Gasteiger partial charge < -0.3 is 15.3 Å². The Kier molecular flexibility index (Phi) is 4.46. The quantitative estimate of drug-likeness (QED) is 0.434. The Morgan fingerprint density at radius 2 is 2.39 bits per heavy atom. The lowest BCUT2D eigenvalue weighted by Crippen LogP contribution is -2.28. The van der Waals surface area contributed by atoms with Crippen molar-refractivity contribution in [3.63, 3.8) is 0 Å². The Balaban J connectivity index is 2.61. The normalized spacial score (nSPS) is 10.1. The molecule has 0 spiro atoms. The van der Waals surface area contributed by atoms with Crippen molar-refractivity contribution >= 4 is 17.6 Å². The van der Waals surface area contributed by atoms with Gasteiger partial charge in [0.05, 0.1) is 4.92 Å². The molecule has 0 aliphatic heterocycles. The number of carbonyl (C=O) groups is 1. The minimum Gasteiger partial charge on any atom is -0.465 e. The number of hydrogen-bond donors (Lipinski definition) is 2. The Hall–Kier alpha value is -2.32. The molecular weight excluding hydrogens is 242 g/mol. The average Bonchev–Trinajstić information content (AvgIpc) is 2.66. The van der Waals surface area contributed by atoms with Gasteiger partial charge in [-0.05, 0) is 6.42 Å². The SMILES string of the molecule is CN(CCCNC(=O)O)c1c([N+](=O)[O-])cnn1C. The molecule has 1 aromatic heterocycles. The smallest absolute Gasteiger partial charge is 0.404 e. The van der Waals surface area contributed by atoms with Crippen molar-refractivity contribution in [2.45, 2.75) is 6.42 Å². The summed E-state index contributed by atoms with van der Waals surface area (Å²) in [6, 6.07) is 0. The summed E-state index contributed by atoms with van der Waals surface area (Å²) in [6.45, 7) is 0.784. The molecule has 0 aliphatic carbocycles. The molecule has 0 saturated carbocycles. The minimum absolute atomic E-state index is 0.0637. The Morgan fingerprint density at radius 3 is 2.94 bits per heavy atom. The van der Waals surface area contributed by atoms with E-state index in [0.29, 0.717) is 25.3 Å². The van der Waals surface area contributed by atoms with E-state index in [0.717, 1.165) is 0 Å². The summed E-state index contributed by atoms with van der Waals surface area (Å²) in [5.74, 6) is 0.398. The van der Waals surface area contributed by atoms with E-state index in [9.17, 15) is 14.9 Å². The molecule has 0 atom stereocenters. The molecule has 1 aromatic rings. The average molecular weight is 257 g/mol. The lowest BCUT2D eigenvalue weighted by atomic mass is 10.3. The van der Waals surface area contributed by atoms with Gasteiger partial charge in [-0.15, -0.1) is 0 Å². The highest BCUT2D eigenvalue weighted by Gasteiger charge is 2.21. The molecule has 0 saturated heterocycles. The molecule has 0 bridgehead atoms. The summed E-state index contributed by atoms with van der Waals surface area (Å²) in [4.78, 5) is 22.2. The standard InChI is InChI=1S/C9H15N5O4/c1-12(5-3-4-10-9(15)16)8-7(14(17)18)6-11-13(8)2/h6,10H,3-5H2,1-2H3,(H,15,16). The molecule has 2 N–H and O–H groups in total. The van der Waals surface area contributed by atoms with Crippen LogP contribution in [0.1, 0.15) is 6.42 Å². The molecule has 0 fully saturated rings. The third-order valence-corrected chi connectivity index (χ3v) is 2.39. The number of aromatic nitrogens is 2. The van der Waals surface area contributed by atoms with Crippen molar-refractivity contribution in [1.82, 2.24) is 15.1 Å². The number of amides is 1. The van der Waals surface area contributed by atoms with E-state index in [2.05, 4.69) is 10.4 Å². The fraction of sp³-hybridized carbons (Fsp3) is 0.556. The summed E-state index contributed by atoms with van der Waals surface area (Å²) < 4.78 is 1.42. The number of nitrogens with one attached hydrogen (secondary N) is 1. The summed E-state index contributed by atoms with van der Waals surface area (Å²) in [6.07, 6.45) is 0.663. The van der Waals surface area contributed by atoms with Crippen molar-refractivity contribution in [1.29, 1.82) is 0 Å². The Labute approximate surface area is 103 Å². The number of hydrogen-bond acceptors (Lipinski definition) is 5. The van der Waals surface area contributed by atoms with E-state index in [1.807, 2.05) is 0 Å². The van der Waals surface area contributed by atoms with Crippen molar-refractivity contribution in [3.05, 3.63) is 16.3 Å². The number of carboxylic acid groups (broad SMARTS) is 1. The maximum atomic E-state index is 10.8. The molecule has 0 aromatic carbocycles. The van der Waals surface area contributed by atoms with Crippen LogP contribution in [-0.2, 0) is 7.05 Å². The molecule has 0 radical (unpaired) electrons. The van der Waals surface area contributed by atoms with E-state index in [4.69, 9.17) is 5.11 Å². The molecule has 9 nitrogen and oxygen atoms in total. The molecule has 0 aliphatic rings. The van der Waals surface area contributed by atoms with Gasteiger partial charge in [0.25, 0.3) is 0 Å². The second kappa shape index (κ2) is 5.84. The van der Waals surface area contributed by atoms with Crippen LogP contribution in [0.15, 0.2) is 6.20 Å². The van der Waals surface area contributed by atoms with Crippen LogP contribution in [0.5, 0.6) is 0 Å². The van der Waals surface area contributed by atoms with Crippen LogP contribution in [0, 0.1) is 10.1 Å². The van der Waals surface area contributed by atoms with E-state index in [1.165, 1.54) is 10.9 Å². The number of nitro groups is 1. The molecule has 1 amide bonds. The Bertz CT molecular complexity index is 444. The fourth-order valence-corrected chi connectivity index (χ4v) is 1.61. The fourth-order valence-electron chi connectivity index (χ4n) is 1.61. The van der Waals surface area contributed by atoms with Crippen molar-refractivity contribution < 1.29 is 14.8 Å². The van der Waals surface area contributed by atoms with Gasteiger partial charge in [-0.2, -0.15) is 5.10 Å². The highest BCUT2D eigenvalue weighted by molar-refractivity contribution is 5.64. The monoisotopic (exact) mass is 257 g/mol. The molecule has 18 heavy (non-hydrogen) atoms. The third-order valence-electron chi connectivity index (χ3n) is 2.39. The maximum absolute atomic E-state index is 10.8. The largest absolute Gasteiger partial charge is 0.465 e. The summed E-state index contributed by atoms with van der Waals surface area (Å²) in [5, 5.41) is 25.3. The molecule has 9 heteroatoms. The summed E-state index contributed by atoms with van der Waals surface area (Å²) in [7, 11) is 3.32. The van der Waals surface area contributed by atoms with E-state index in [1.54, 1.807) is 19.0 Å². The number of nitrogens with zero attached hydrogens (tertiary/aromatic N) is 4. The first-order chi connectivity index (χ1) is 8.43. The maximum Gasteiger partial charge on any atom is 0.404 e. The van der Waals surface area contributed by atoms with Crippen LogP contribution in [0.4, 0.5) is 16.3 Å². The van der Waals surface area contributed by atoms with Gasteiger partial charge >= 0.3 is 11.8 Å². The summed E-state index contributed by atoms with van der Waals surface area (Å²) >= 11 is 0. The van der Waals surface area contributed by atoms with Gasteiger partial charge in [-0.25, -0.2) is 9.48 Å². The first-order valence-corrected chi connectivity index (χ1v) is 5.27. The van der Waals surface area contributed by atoms with Gasteiger partial charge in [0.15, 0.2) is 0 Å². The first-order valence-electron chi connectivity index (χ1n) is 5.27. The highest BCUT2D eigenvalue weighted by atomic mass is 16.6. The van der Waals surface area contributed by atoms with Crippen molar-refractivity contribution in [2.24, 2.45) is 7.05 Å². The van der Waals surface area contributed by atoms with Gasteiger partial charge in [-0.1, -0.05) is 0 Å². The zero-order valence-corrected chi connectivity index (χ0v) is 10.2. The minimum atomic E-state index is -1.08. The van der Waals surface area contributed by atoms with Crippen LogP contribution in [0.3, 0.4) is 0 Å². The number of aryl methyl sites for hydroxylation is 1. The molecule has 100 valence electrons. The third kappa shape index (κ3) is 3.34. The predicted molar refractivity (Wildman–Crippen MR) is 63.8 cm³/mol. The van der Waals surface area contributed by atoms with Crippen LogP contribution < -0.4 is 10.2 Å². The first kappa shape index (κ1) is 13.7. The van der Waals surface area contributed by atoms with E-state index in [-0.39, 0.29) is 5.69 Å². The number of rotatable bonds is 6. The molecule has 0 unspecified atom stereocenters. The second-order valence-electron chi connectivity index (χ2n) is 3.74. The molecule has 1 heterocycles. The van der Waals surface area contributed by atoms with Crippen molar-refractivity contribution in [3.8, 4) is 0 Å². The predicted octanol–water partition coefficient (Wildman–Crippen LogP) is 0.422. The van der Waals surface area contributed by atoms with Gasteiger partial charge in [0.1, 0.15) is 6.20 Å². The van der Waals surface area contributed by atoms with Crippen molar-refractivity contribution in [2.75, 3.05) is 25.0 Å². The highest BCUT2D eigenvalue weighted by Crippen LogP contribution is 2.25. The van der Waals surface area contributed by atoms with Crippen LogP contribution >= 0.6 is 0 Å². The molecular formula is C9H15N5O4. The summed E-state index contributed by atoms with van der Waals surface area (Å²) in [5.41, 5.74) is -0.0637. The zero-order chi connectivity index (χ0) is 13.7.